The molecule has 0 unspecified atom stereocenters. The van der Waals surface area contributed by atoms with Crippen LogP contribution < -0.4 is 5.76 Å². The Morgan fingerprint density at radius 1 is 1.16 bits per heavy atom. The molecule has 31 heavy (non-hydrogen) atoms. The third-order valence-corrected chi connectivity index (χ3v) is 9.09. The van der Waals surface area contributed by atoms with Gasteiger partial charge in [-0.3, -0.25) is 9.36 Å². The minimum absolute atomic E-state index is 0.108. The first-order valence-corrected chi connectivity index (χ1v) is 12.5. The first-order chi connectivity index (χ1) is 14.7. The smallest absolute Gasteiger partial charge is 0.408 e. The van der Waals surface area contributed by atoms with Crippen molar-refractivity contribution < 1.29 is 17.6 Å². The number of likely N-dealkylation sites (N-methyl/N-ethyl adjacent to an activating group) is 1. The molecule has 1 aromatic heterocycles. The van der Waals surface area contributed by atoms with Crippen molar-refractivity contribution in [1.82, 2.24) is 13.8 Å². The highest BCUT2D eigenvalue weighted by molar-refractivity contribution is 7.89. The Labute approximate surface area is 182 Å². The molecule has 3 atom stereocenters. The average molecular weight is 450 g/mol. The number of sulfonamides is 1. The summed E-state index contributed by atoms with van der Waals surface area (Å²) >= 11 is 0. The van der Waals surface area contributed by atoms with Gasteiger partial charge in [-0.05, 0) is 43.2 Å². The van der Waals surface area contributed by atoms with Gasteiger partial charge in [-0.2, -0.15) is 4.31 Å². The fraction of sp³-hybridized carbons (Fsp3) is 0.636. The van der Waals surface area contributed by atoms with Crippen molar-refractivity contribution in [2.45, 2.75) is 63.4 Å². The van der Waals surface area contributed by atoms with Crippen LogP contribution in [0, 0.1) is 11.8 Å². The van der Waals surface area contributed by atoms with E-state index in [2.05, 4.69) is 13.8 Å². The van der Waals surface area contributed by atoms with Crippen LogP contribution in [-0.2, 0) is 21.4 Å². The maximum Gasteiger partial charge on any atom is 0.420 e. The number of hydrogen-bond acceptors (Lipinski definition) is 5. The van der Waals surface area contributed by atoms with Gasteiger partial charge in [0.2, 0.25) is 15.9 Å². The van der Waals surface area contributed by atoms with Gasteiger partial charge in [0, 0.05) is 32.2 Å². The Balaban J connectivity index is 1.58. The topological polar surface area (TPSA) is 92.8 Å². The van der Waals surface area contributed by atoms with Gasteiger partial charge in [0.25, 0.3) is 0 Å². The maximum atomic E-state index is 13.0. The first-order valence-electron chi connectivity index (χ1n) is 11.1. The van der Waals surface area contributed by atoms with Crippen LogP contribution >= 0.6 is 0 Å². The van der Waals surface area contributed by atoms with Crippen LogP contribution in [0.5, 0.6) is 0 Å². The van der Waals surface area contributed by atoms with E-state index >= 15 is 0 Å². The number of oxazole rings is 1. The van der Waals surface area contributed by atoms with Crippen molar-refractivity contribution >= 4 is 27.0 Å². The molecule has 0 N–H and O–H groups in total. The highest BCUT2D eigenvalue weighted by Crippen LogP contribution is 2.32. The Kier molecular flexibility index (Phi) is 6.00. The number of carbonyl (C=O) groups is 1. The van der Waals surface area contributed by atoms with Crippen molar-refractivity contribution in [1.29, 1.82) is 0 Å². The van der Waals surface area contributed by atoms with Crippen LogP contribution in [0.15, 0.2) is 32.3 Å². The molecular formula is C22H31N3O5S. The minimum Gasteiger partial charge on any atom is -0.408 e. The Hall–Kier alpha value is -2.13. The summed E-state index contributed by atoms with van der Waals surface area (Å²) in [7, 11) is -1.81. The second-order valence-electron chi connectivity index (χ2n) is 9.03. The lowest BCUT2D eigenvalue weighted by Crippen LogP contribution is -2.46. The quantitative estimate of drug-likeness (QED) is 0.700. The molecule has 9 heteroatoms. The summed E-state index contributed by atoms with van der Waals surface area (Å²) in [5, 5.41) is 0. The zero-order valence-electron chi connectivity index (χ0n) is 18.4. The fourth-order valence-electron chi connectivity index (χ4n) is 4.97. The SMILES string of the molecule is C[C@H]1[C@H](C)CCC[C@@H]1N(C)C(=O)Cn1c(=O)oc2cc(S(=O)(=O)N3CCCC3)ccc21. The number of carbonyl (C=O) groups excluding carboxylic acids is 1. The van der Waals surface area contributed by atoms with E-state index in [0.29, 0.717) is 30.4 Å². The van der Waals surface area contributed by atoms with E-state index in [1.165, 1.54) is 27.4 Å². The Bertz CT molecular complexity index is 1130. The number of fused-ring (bicyclic) bond motifs is 1. The third-order valence-electron chi connectivity index (χ3n) is 7.19. The largest absolute Gasteiger partial charge is 0.420 e. The highest BCUT2D eigenvalue weighted by atomic mass is 32.2. The molecule has 4 rings (SSSR count). The molecule has 1 aromatic carbocycles. The fourth-order valence-corrected chi connectivity index (χ4v) is 6.50. The highest BCUT2D eigenvalue weighted by Gasteiger charge is 2.33. The van der Waals surface area contributed by atoms with E-state index in [4.69, 9.17) is 4.42 Å². The second kappa shape index (κ2) is 8.43. The summed E-state index contributed by atoms with van der Waals surface area (Å²) in [6.45, 7) is 5.28. The number of rotatable bonds is 5. The summed E-state index contributed by atoms with van der Waals surface area (Å²) in [5.74, 6) is 0.156. The predicted octanol–water partition coefficient (Wildman–Crippen LogP) is 2.66. The van der Waals surface area contributed by atoms with Crippen molar-refractivity contribution in [3.63, 3.8) is 0 Å². The minimum atomic E-state index is -3.61. The molecule has 2 fully saturated rings. The van der Waals surface area contributed by atoms with Crippen LogP contribution in [0.3, 0.4) is 0 Å². The van der Waals surface area contributed by atoms with Crippen molar-refractivity contribution in [2.24, 2.45) is 11.8 Å². The molecule has 2 aliphatic rings. The van der Waals surface area contributed by atoms with E-state index in [-0.39, 0.29) is 29.0 Å². The number of nitrogens with zero attached hydrogens (tertiary/aromatic N) is 3. The lowest BCUT2D eigenvalue weighted by atomic mass is 9.77. The number of aromatic nitrogens is 1. The van der Waals surface area contributed by atoms with Gasteiger partial charge in [0.15, 0.2) is 5.58 Å². The monoisotopic (exact) mass is 449 g/mol. The summed E-state index contributed by atoms with van der Waals surface area (Å²) in [4.78, 5) is 27.3. The van der Waals surface area contributed by atoms with Gasteiger partial charge in [0.1, 0.15) is 6.54 Å². The number of amides is 1. The van der Waals surface area contributed by atoms with Crippen LogP contribution in [0.25, 0.3) is 11.1 Å². The van der Waals surface area contributed by atoms with E-state index in [9.17, 15) is 18.0 Å². The summed E-state index contributed by atoms with van der Waals surface area (Å²) in [5.41, 5.74) is 0.609. The predicted molar refractivity (Wildman–Crippen MR) is 117 cm³/mol. The Morgan fingerprint density at radius 2 is 1.87 bits per heavy atom. The molecule has 0 spiro atoms. The lowest BCUT2D eigenvalue weighted by Gasteiger charge is -2.39. The third kappa shape index (κ3) is 4.05. The van der Waals surface area contributed by atoms with Crippen molar-refractivity contribution in [3.05, 3.63) is 28.7 Å². The first kappa shape index (κ1) is 22.1. The molecule has 1 aliphatic heterocycles. The molecule has 0 bridgehead atoms. The molecular weight excluding hydrogens is 418 g/mol. The van der Waals surface area contributed by atoms with Crippen molar-refractivity contribution in [2.75, 3.05) is 20.1 Å². The van der Waals surface area contributed by atoms with Crippen LogP contribution in [-0.4, -0.2) is 54.3 Å². The molecule has 1 amide bonds. The van der Waals surface area contributed by atoms with E-state index < -0.39 is 15.8 Å². The normalized spacial score (nSPS) is 25.2. The Morgan fingerprint density at radius 3 is 2.58 bits per heavy atom. The van der Waals surface area contributed by atoms with Gasteiger partial charge < -0.3 is 9.32 Å². The zero-order valence-corrected chi connectivity index (χ0v) is 19.2. The lowest BCUT2D eigenvalue weighted by molar-refractivity contribution is -0.134. The summed E-state index contributed by atoms with van der Waals surface area (Å²) < 4.78 is 33.7. The van der Waals surface area contributed by atoms with E-state index in [1.807, 2.05) is 0 Å². The van der Waals surface area contributed by atoms with Gasteiger partial charge in [-0.1, -0.05) is 26.7 Å². The molecule has 1 saturated carbocycles. The van der Waals surface area contributed by atoms with Crippen LogP contribution in [0.2, 0.25) is 0 Å². The number of hydrogen-bond donors (Lipinski definition) is 0. The zero-order chi connectivity index (χ0) is 22.3. The van der Waals surface area contributed by atoms with Crippen LogP contribution in [0.4, 0.5) is 0 Å². The molecule has 0 radical (unpaired) electrons. The molecule has 8 nitrogen and oxygen atoms in total. The summed E-state index contributed by atoms with van der Waals surface area (Å²) in [6.07, 6.45) is 4.93. The van der Waals surface area contributed by atoms with E-state index in [1.54, 1.807) is 18.0 Å². The van der Waals surface area contributed by atoms with E-state index in [0.717, 1.165) is 25.7 Å². The van der Waals surface area contributed by atoms with Crippen molar-refractivity contribution in [3.8, 4) is 0 Å². The van der Waals surface area contributed by atoms with Gasteiger partial charge in [-0.25, -0.2) is 13.2 Å². The molecule has 170 valence electrons. The average Bonchev–Trinajstić information content (AvgIpc) is 3.38. The summed E-state index contributed by atoms with van der Waals surface area (Å²) in [6, 6.07) is 4.59. The van der Waals surface area contributed by atoms with Gasteiger partial charge in [0.05, 0.1) is 10.4 Å². The van der Waals surface area contributed by atoms with Gasteiger partial charge >= 0.3 is 5.76 Å². The molecule has 1 saturated heterocycles. The molecule has 2 heterocycles. The molecule has 2 aromatic rings. The maximum absolute atomic E-state index is 13.0. The van der Waals surface area contributed by atoms with Crippen LogP contribution in [0.1, 0.15) is 46.0 Å². The van der Waals surface area contributed by atoms with Gasteiger partial charge in [-0.15, -0.1) is 0 Å². The second-order valence-corrected chi connectivity index (χ2v) is 11.0. The standard InChI is InChI=1S/C22H31N3O5S/c1-15-7-6-8-18(16(15)2)23(3)21(26)14-25-19-10-9-17(13-20(19)30-22(25)27)31(28,29)24-11-4-5-12-24/h9-10,13,15-16,18H,4-8,11-12,14H2,1-3H3/t15-,16+,18+/m1/s1. The number of benzene rings is 1. The molecule has 1 aliphatic carbocycles.